The number of nitrogens with one attached hydrogen (secondary N) is 2. The summed E-state index contributed by atoms with van der Waals surface area (Å²) in [5, 5.41) is 10.9. The third kappa shape index (κ3) is 7.52. The van der Waals surface area contributed by atoms with E-state index >= 15 is 0 Å². The van der Waals surface area contributed by atoms with Crippen LogP contribution >= 0.6 is 24.0 Å². The van der Waals surface area contributed by atoms with Gasteiger partial charge in [-0.15, -0.1) is 24.0 Å². The molecule has 0 radical (unpaired) electrons. The molecule has 2 rings (SSSR count). The molecule has 1 aromatic heterocycles. The first-order chi connectivity index (χ1) is 10.8. The van der Waals surface area contributed by atoms with Gasteiger partial charge >= 0.3 is 0 Å². The van der Waals surface area contributed by atoms with Crippen LogP contribution in [0.15, 0.2) is 17.3 Å². The molecule has 0 bridgehead atoms. The average molecular weight is 434 g/mol. The number of hydrogen-bond donors (Lipinski definition) is 2. The van der Waals surface area contributed by atoms with Crippen LogP contribution in [0.25, 0.3) is 0 Å². The first-order valence-corrected chi connectivity index (χ1v) is 8.43. The first kappa shape index (κ1) is 20.2. The van der Waals surface area contributed by atoms with Gasteiger partial charge in [0.2, 0.25) is 0 Å². The van der Waals surface area contributed by atoms with Crippen molar-refractivity contribution in [1.82, 2.24) is 25.3 Å². The van der Waals surface area contributed by atoms with Crippen molar-refractivity contribution < 1.29 is 0 Å². The highest BCUT2D eigenvalue weighted by molar-refractivity contribution is 14.0. The molecule has 1 fully saturated rings. The van der Waals surface area contributed by atoms with E-state index in [9.17, 15) is 0 Å². The lowest BCUT2D eigenvalue weighted by atomic mass is 10.2. The zero-order valence-electron chi connectivity index (χ0n) is 14.4. The van der Waals surface area contributed by atoms with Gasteiger partial charge in [-0.3, -0.25) is 9.67 Å². The smallest absolute Gasteiger partial charge is 0.191 e. The van der Waals surface area contributed by atoms with Crippen LogP contribution in [0.4, 0.5) is 0 Å². The summed E-state index contributed by atoms with van der Waals surface area (Å²) in [6.45, 7) is 5.43. The highest BCUT2D eigenvalue weighted by Crippen LogP contribution is 2.09. The van der Waals surface area contributed by atoms with Crippen molar-refractivity contribution in [3.63, 3.8) is 0 Å². The number of hydrogen-bond acceptors (Lipinski definition) is 3. The first-order valence-electron chi connectivity index (χ1n) is 8.43. The Kier molecular flexibility index (Phi) is 10.3. The number of rotatable bonds is 6. The highest BCUT2D eigenvalue weighted by Gasteiger charge is 2.08. The van der Waals surface area contributed by atoms with Crippen molar-refractivity contribution in [2.24, 2.45) is 12.0 Å². The minimum atomic E-state index is 0. The lowest BCUT2D eigenvalue weighted by Gasteiger charge is -2.20. The molecule has 2 N–H and O–H groups in total. The summed E-state index contributed by atoms with van der Waals surface area (Å²) in [5.41, 5.74) is 1.15. The van der Waals surface area contributed by atoms with E-state index < -0.39 is 0 Å². The average Bonchev–Trinajstić information content (AvgIpc) is 2.77. The van der Waals surface area contributed by atoms with E-state index in [0.29, 0.717) is 0 Å². The van der Waals surface area contributed by atoms with Crippen LogP contribution in [0.1, 0.15) is 37.8 Å². The maximum absolute atomic E-state index is 4.27. The summed E-state index contributed by atoms with van der Waals surface area (Å²) in [7, 11) is 3.77. The van der Waals surface area contributed by atoms with E-state index in [4.69, 9.17) is 0 Å². The van der Waals surface area contributed by atoms with Gasteiger partial charge in [0.05, 0.1) is 12.2 Å². The topological polar surface area (TPSA) is 57.5 Å². The lowest BCUT2D eigenvalue weighted by Crippen LogP contribution is -2.38. The molecule has 23 heavy (non-hydrogen) atoms. The monoisotopic (exact) mass is 434 g/mol. The molecule has 0 spiro atoms. The molecule has 2 heterocycles. The summed E-state index contributed by atoms with van der Waals surface area (Å²) in [4.78, 5) is 6.87. The molecule has 0 aromatic carbocycles. The Morgan fingerprint density at radius 2 is 1.96 bits per heavy atom. The highest BCUT2D eigenvalue weighted by atomic mass is 127. The van der Waals surface area contributed by atoms with Crippen molar-refractivity contribution >= 4 is 29.9 Å². The van der Waals surface area contributed by atoms with Gasteiger partial charge in [0, 0.05) is 26.8 Å². The van der Waals surface area contributed by atoms with Crippen LogP contribution in [0, 0.1) is 0 Å². The fourth-order valence-electron chi connectivity index (χ4n) is 2.84. The van der Waals surface area contributed by atoms with E-state index in [1.165, 1.54) is 45.3 Å². The zero-order chi connectivity index (χ0) is 15.6. The van der Waals surface area contributed by atoms with Gasteiger partial charge in [0.15, 0.2) is 5.96 Å². The molecule has 1 aromatic rings. The largest absolute Gasteiger partial charge is 0.356 e. The van der Waals surface area contributed by atoms with Crippen LogP contribution in [0.2, 0.25) is 0 Å². The Bertz CT molecular complexity index is 451. The molecule has 0 saturated carbocycles. The molecule has 0 atom stereocenters. The fourth-order valence-corrected chi connectivity index (χ4v) is 2.84. The molecule has 6 nitrogen and oxygen atoms in total. The van der Waals surface area contributed by atoms with Crippen molar-refractivity contribution in [3.05, 3.63) is 18.0 Å². The second-order valence-electron chi connectivity index (χ2n) is 5.91. The van der Waals surface area contributed by atoms with Crippen molar-refractivity contribution in [1.29, 1.82) is 0 Å². The Hall–Kier alpha value is -0.830. The maximum atomic E-state index is 4.27. The van der Waals surface area contributed by atoms with E-state index in [2.05, 4.69) is 25.6 Å². The van der Waals surface area contributed by atoms with Gasteiger partial charge in [0.25, 0.3) is 0 Å². The maximum Gasteiger partial charge on any atom is 0.191 e. The molecule has 1 aliphatic heterocycles. The normalized spacial score (nSPS) is 16.5. The van der Waals surface area contributed by atoms with Crippen LogP contribution in [0.3, 0.4) is 0 Å². The fraction of sp³-hybridized carbons (Fsp3) is 0.750. The quantitative estimate of drug-likeness (QED) is 0.311. The zero-order valence-corrected chi connectivity index (χ0v) is 16.8. The second kappa shape index (κ2) is 11.7. The number of likely N-dealkylation sites (tertiary alicyclic amines) is 1. The van der Waals surface area contributed by atoms with Gasteiger partial charge in [-0.2, -0.15) is 5.10 Å². The Labute approximate surface area is 157 Å². The number of guanidine groups is 1. The summed E-state index contributed by atoms with van der Waals surface area (Å²) < 4.78 is 1.87. The second-order valence-corrected chi connectivity index (χ2v) is 5.91. The molecule has 0 aliphatic carbocycles. The molecule has 0 unspecified atom stereocenters. The van der Waals surface area contributed by atoms with Crippen molar-refractivity contribution in [2.75, 3.05) is 33.2 Å². The van der Waals surface area contributed by atoms with Crippen molar-refractivity contribution in [3.8, 4) is 0 Å². The third-order valence-corrected chi connectivity index (χ3v) is 4.23. The number of aliphatic imine (C=N–C) groups is 1. The predicted molar refractivity (Wildman–Crippen MR) is 106 cm³/mol. The number of nitrogens with zero attached hydrogens (tertiary/aromatic N) is 4. The number of halogens is 1. The van der Waals surface area contributed by atoms with Gasteiger partial charge in [-0.1, -0.05) is 12.8 Å². The molecular weight excluding hydrogens is 403 g/mol. The summed E-state index contributed by atoms with van der Waals surface area (Å²) in [6, 6.07) is 2.01. The third-order valence-electron chi connectivity index (χ3n) is 4.23. The minimum Gasteiger partial charge on any atom is -0.356 e. The molecular formula is C16H31IN6. The standard InChI is InChI=1S/C16H30N6.HI/c1-17-16(19-14-15-8-10-20-21(15)2)18-9-7-13-22-11-5-3-4-6-12-22;/h8,10H,3-7,9,11-14H2,1-2H3,(H2,17,18,19);1H. The number of aryl methyl sites for hydroxylation is 1. The van der Waals surface area contributed by atoms with Gasteiger partial charge in [-0.25, -0.2) is 0 Å². The Balaban J connectivity index is 0.00000264. The summed E-state index contributed by atoms with van der Waals surface area (Å²) in [6.07, 6.45) is 8.50. The SMILES string of the molecule is CN=C(NCCCN1CCCCCC1)NCc1ccnn1C.I. The Morgan fingerprint density at radius 3 is 2.57 bits per heavy atom. The minimum absolute atomic E-state index is 0. The summed E-state index contributed by atoms with van der Waals surface area (Å²) in [5.74, 6) is 0.858. The van der Waals surface area contributed by atoms with Gasteiger partial charge in [0.1, 0.15) is 0 Å². The van der Waals surface area contributed by atoms with Crippen LogP contribution in [0.5, 0.6) is 0 Å². The van der Waals surface area contributed by atoms with E-state index in [1.807, 2.05) is 31.0 Å². The molecule has 132 valence electrons. The van der Waals surface area contributed by atoms with Crippen LogP contribution < -0.4 is 10.6 Å². The van der Waals surface area contributed by atoms with Gasteiger partial charge < -0.3 is 15.5 Å². The van der Waals surface area contributed by atoms with Crippen molar-refractivity contribution in [2.45, 2.75) is 38.6 Å². The summed E-state index contributed by atoms with van der Waals surface area (Å²) >= 11 is 0. The molecule has 1 saturated heterocycles. The number of aromatic nitrogens is 2. The van der Waals surface area contributed by atoms with E-state index in [-0.39, 0.29) is 24.0 Å². The Morgan fingerprint density at radius 1 is 1.22 bits per heavy atom. The van der Waals surface area contributed by atoms with Crippen LogP contribution in [-0.2, 0) is 13.6 Å². The van der Waals surface area contributed by atoms with E-state index in [0.717, 1.165) is 31.2 Å². The van der Waals surface area contributed by atoms with Gasteiger partial charge in [-0.05, 0) is 45.0 Å². The lowest BCUT2D eigenvalue weighted by molar-refractivity contribution is 0.282. The predicted octanol–water partition coefficient (Wildman–Crippen LogP) is 1.97. The molecule has 0 amide bonds. The molecule has 7 heteroatoms. The van der Waals surface area contributed by atoms with Crippen LogP contribution in [-0.4, -0.2) is 53.9 Å². The molecule has 1 aliphatic rings. The van der Waals surface area contributed by atoms with E-state index in [1.54, 1.807) is 0 Å².